The third-order valence-corrected chi connectivity index (χ3v) is 3.35. The summed E-state index contributed by atoms with van der Waals surface area (Å²) < 4.78 is 2.08. The molecule has 0 aliphatic rings. The Labute approximate surface area is 124 Å². The Balaban J connectivity index is 2.48. The van der Waals surface area contributed by atoms with Gasteiger partial charge in [-0.2, -0.15) is 0 Å². The maximum absolute atomic E-state index is 12.6. The van der Waals surface area contributed by atoms with Gasteiger partial charge in [0.2, 0.25) is 0 Å². The van der Waals surface area contributed by atoms with Crippen molar-refractivity contribution in [2.45, 2.75) is 6.54 Å². The number of rotatable bonds is 3. The second-order valence-electron chi connectivity index (χ2n) is 4.76. The molecule has 0 unspecified atom stereocenters. The van der Waals surface area contributed by atoms with Crippen molar-refractivity contribution in [1.82, 2.24) is 9.13 Å². The van der Waals surface area contributed by atoms with E-state index in [0.717, 1.165) is 4.57 Å². The molecule has 0 bridgehead atoms. The molecule has 110 valence electrons. The van der Waals surface area contributed by atoms with Gasteiger partial charge in [0.25, 0.3) is 5.56 Å². The van der Waals surface area contributed by atoms with E-state index in [4.69, 9.17) is 5.11 Å². The third kappa shape index (κ3) is 2.20. The van der Waals surface area contributed by atoms with Crippen LogP contribution in [0.4, 0.5) is 0 Å². The van der Waals surface area contributed by atoms with Crippen LogP contribution in [0.5, 0.6) is 0 Å². The highest BCUT2D eigenvalue weighted by atomic mass is 16.4. The van der Waals surface area contributed by atoms with Gasteiger partial charge in [-0.3, -0.25) is 14.2 Å². The fraction of sp³-hybridized carbons (Fsp3) is 0.0625. The predicted molar refractivity (Wildman–Crippen MR) is 81.4 cm³/mol. The van der Waals surface area contributed by atoms with Crippen molar-refractivity contribution in [2.75, 3.05) is 0 Å². The van der Waals surface area contributed by atoms with Gasteiger partial charge in [-0.1, -0.05) is 30.3 Å². The molecular weight excluding hydrogens is 284 g/mol. The first-order valence-electron chi connectivity index (χ1n) is 6.61. The lowest BCUT2D eigenvalue weighted by Gasteiger charge is -2.13. The molecule has 0 aliphatic heterocycles. The summed E-state index contributed by atoms with van der Waals surface area (Å²) in [6.07, 6.45) is 0. The van der Waals surface area contributed by atoms with E-state index in [1.807, 2.05) is 6.07 Å². The molecule has 0 saturated carbocycles. The minimum absolute atomic E-state index is 0.298. The molecule has 0 saturated heterocycles. The maximum atomic E-state index is 12.6. The van der Waals surface area contributed by atoms with Crippen LogP contribution in [0.1, 0.15) is 0 Å². The van der Waals surface area contributed by atoms with E-state index in [9.17, 15) is 14.4 Å². The summed E-state index contributed by atoms with van der Waals surface area (Å²) in [5, 5.41) is 9.24. The van der Waals surface area contributed by atoms with Crippen molar-refractivity contribution in [3.63, 3.8) is 0 Å². The molecule has 0 aliphatic carbocycles. The van der Waals surface area contributed by atoms with Crippen LogP contribution < -0.4 is 11.2 Å². The maximum Gasteiger partial charge on any atom is 0.336 e. The van der Waals surface area contributed by atoms with Gasteiger partial charge in [-0.25, -0.2) is 9.36 Å². The Morgan fingerprint density at radius 2 is 1.59 bits per heavy atom. The van der Waals surface area contributed by atoms with E-state index in [2.05, 4.69) is 0 Å². The molecule has 0 radical (unpaired) electrons. The molecule has 0 spiro atoms. The van der Waals surface area contributed by atoms with E-state index in [1.165, 1.54) is 4.57 Å². The number of aromatic nitrogens is 2. The average molecular weight is 296 g/mol. The van der Waals surface area contributed by atoms with Gasteiger partial charge in [0.15, 0.2) is 0 Å². The van der Waals surface area contributed by atoms with Crippen LogP contribution in [0.15, 0.2) is 64.2 Å². The second-order valence-corrected chi connectivity index (χ2v) is 4.76. The summed E-state index contributed by atoms with van der Waals surface area (Å²) in [5.74, 6) is -1.24. The Morgan fingerprint density at radius 1 is 0.955 bits per heavy atom. The van der Waals surface area contributed by atoms with E-state index in [0.29, 0.717) is 16.6 Å². The van der Waals surface area contributed by atoms with Crippen LogP contribution in [-0.4, -0.2) is 20.2 Å². The first kappa shape index (κ1) is 13.8. The van der Waals surface area contributed by atoms with Crippen molar-refractivity contribution < 1.29 is 9.90 Å². The fourth-order valence-electron chi connectivity index (χ4n) is 2.41. The first-order valence-corrected chi connectivity index (χ1v) is 6.61. The van der Waals surface area contributed by atoms with Gasteiger partial charge in [0, 0.05) is 0 Å². The summed E-state index contributed by atoms with van der Waals surface area (Å²) in [6.45, 7) is -0.671. The predicted octanol–water partition coefficient (Wildman–Crippen LogP) is 1.24. The smallest absolute Gasteiger partial charge is 0.336 e. The highest BCUT2D eigenvalue weighted by Gasteiger charge is 2.15. The Hall–Kier alpha value is -3.15. The van der Waals surface area contributed by atoms with Crippen molar-refractivity contribution >= 4 is 16.9 Å². The van der Waals surface area contributed by atoms with E-state index in [1.54, 1.807) is 48.5 Å². The zero-order valence-corrected chi connectivity index (χ0v) is 11.5. The molecule has 1 N–H and O–H groups in total. The summed E-state index contributed by atoms with van der Waals surface area (Å²) >= 11 is 0. The minimum Gasteiger partial charge on any atom is -0.480 e. The molecule has 3 rings (SSSR count). The van der Waals surface area contributed by atoms with E-state index >= 15 is 0 Å². The highest BCUT2D eigenvalue weighted by molar-refractivity contribution is 5.80. The number of aliphatic carboxylic acids is 1. The number of hydrogen-bond donors (Lipinski definition) is 1. The number of carbonyl (C=O) groups is 1. The van der Waals surface area contributed by atoms with Crippen LogP contribution >= 0.6 is 0 Å². The number of nitrogens with zero attached hydrogens (tertiary/aromatic N) is 2. The monoisotopic (exact) mass is 296 g/mol. The van der Waals surface area contributed by atoms with Crippen molar-refractivity contribution in [3.05, 3.63) is 75.4 Å². The number of para-hydroxylation sites is 2. The number of hydrogen-bond acceptors (Lipinski definition) is 3. The van der Waals surface area contributed by atoms with Crippen molar-refractivity contribution in [1.29, 1.82) is 0 Å². The van der Waals surface area contributed by atoms with Gasteiger partial charge >= 0.3 is 11.7 Å². The zero-order valence-electron chi connectivity index (χ0n) is 11.5. The van der Waals surface area contributed by atoms with Crippen molar-refractivity contribution in [2.24, 2.45) is 0 Å². The van der Waals surface area contributed by atoms with Gasteiger partial charge < -0.3 is 5.11 Å². The minimum atomic E-state index is -1.24. The standard InChI is InChI=1S/C16H12N2O4/c19-14(20)10-17-15(21)12-8-4-5-9-13(12)18(16(17)22)11-6-2-1-3-7-11/h1-9H,10H2,(H,19,20). The summed E-state index contributed by atoms with van der Waals surface area (Å²) in [5.41, 5.74) is -0.249. The molecule has 0 atom stereocenters. The van der Waals surface area contributed by atoms with Crippen LogP contribution in [0.3, 0.4) is 0 Å². The quantitative estimate of drug-likeness (QED) is 0.788. The number of benzene rings is 2. The molecule has 0 fully saturated rings. The SMILES string of the molecule is O=C(O)Cn1c(=O)c2ccccc2n(-c2ccccc2)c1=O. The van der Waals surface area contributed by atoms with E-state index < -0.39 is 23.8 Å². The average Bonchev–Trinajstić information content (AvgIpc) is 2.52. The number of carboxylic acids is 1. The number of fused-ring (bicyclic) bond motifs is 1. The molecular formula is C16H12N2O4. The van der Waals surface area contributed by atoms with Crippen LogP contribution in [0, 0.1) is 0 Å². The summed E-state index contributed by atoms with van der Waals surface area (Å²) in [7, 11) is 0. The Morgan fingerprint density at radius 3 is 2.27 bits per heavy atom. The largest absolute Gasteiger partial charge is 0.480 e. The lowest BCUT2D eigenvalue weighted by Crippen LogP contribution is -2.41. The van der Waals surface area contributed by atoms with Gasteiger partial charge in [-0.15, -0.1) is 0 Å². The van der Waals surface area contributed by atoms with Crippen LogP contribution in [0.2, 0.25) is 0 Å². The Bertz CT molecular complexity index is 971. The summed E-state index contributed by atoms with van der Waals surface area (Å²) in [4.78, 5) is 35.9. The molecule has 2 aromatic carbocycles. The topological polar surface area (TPSA) is 81.3 Å². The van der Waals surface area contributed by atoms with Crippen LogP contribution in [-0.2, 0) is 11.3 Å². The lowest BCUT2D eigenvalue weighted by atomic mass is 10.2. The summed E-state index contributed by atoms with van der Waals surface area (Å²) in [6, 6.07) is 15.4. The molecule has 0 amide bonds. The highest BCUT2D eigenvalue weighted by Crippen LogP contribution is 2.13. The van der Waals surface area contributed by atoms with Crippen molar-refractivity contribution in [3.8, 4) is 5.69 Å². The Kier molecular flexibility index (Phi) is 3.34. The van der Waals surface area contributed by atoms with Crippen LogP contribution in [0.25, 0.3) is 16.6 Å². The normalized spacial score (nSPS) is 10.7. The molecule has 3 aromatic rings. The zero-order chi connectivity index (χ0) is 15.7. The van der Waals surface area contributed by atoms with Gasteiger partial charge in [-0.05, 0) is 24.3 Å². The molecule has 6 heteroatoms. The third-order valence-electron chi connectivity index (χ3n) is 3.35. The lowest BCUT2D eigenvalue weighted by molar-refractivity contribution is -0.137. The molecule has 22 heavy (non-hydrogen) atoms. The molecule has 1 heterocycles. The van der Waals surface area contributed by atoms with E-state index in [-0.39, 0.29) is 0 Å². The van der Waals surface area contributed by atoms with Gasteiger partial charge in [0.05, 0.1) is 16.6 Å². The van der Waals surface area contributed by atoms with Gasteiger partial charge in [0.1, 0.15) is 6.54 Å². The number of carboxylic acid groups (broad SMARTS) is 1. The first-order chi connectivity index (χ1) is 10.6. The fourth-order valence-corrected chi connectivity index (χ4v) is 2.41. The molecule has 6 nitrogen and oxygen atoms in total. The second kappa shape index (κ2) is 5.33. The molecule has 1 aromatic heterocycles.